The van der Waals surface area contributed by atoms with Gasteiger partial charge in [-0.2, -0.15) is 0 Å². The average Bonchev–Trinajstić information content (AvgIpc) is 2.62. The molecular formula is C10H17N3OS. The third-order valence-corrected chi connectivity index (χ3v) is 3.46. The number of nitrogens with one attached hydrogen (secondary N) is 1. The third-order valence-electron chi connectivity index (χ3n) is 2.16. The summed E-state index contributed by atoms with van der Waals surface area (Å²) in [6.45, 7) is 7.02. The van der Waals surface area contributed by atoms with Gasteiger partial charge in [-0.15, -0.1) is 6.58 Å². The lowest BCUT2D eigenvalue weighted by atomic mass is 10.5. The Morgan fingerprint density at radius 1 is 1.80 bits per heavy atom. The molecule has 2 atom stereocenters. The molecule has 1 N–H and O–H groups in total. The Kier molecular flexibility index (Phi) is 4.55. The van der Waals surface area contributed by atoms with Crippen LogP contribution in [0.5, 0.6) is 0 Å². The van der Waals surface area contributed by atoms with Crippen molar-refractivity contribution in [1.82, 2.24) is 9.55 Å². The van der Waals surface area contributed by atoms with Gasteiger partial charge in [-0.25, -0.2) is 4.98 Å². The molecule has 1 aromatic rings. The summed E-state index contributed by atoms with van der Waals surface area (Å²) in [5.74, 6) is 0.798. The largest absolute Gasteiger partial charge is 0.354 e. The van der Waals surface area contributed by atoms with E-state index in [1.807, 2.05) is 23.8 Å². The van der Waals surface area contributed by atoms with E-state index in [-0.39, 0.29) is 5.25 Å². The van der Waals surface area contributed by atoms with Gasteiger partial charge in [0, 0.05) is 47.8 Å². The molecule has 1 heterocycles. The van der Waals surface area contributed by atoms with Crippen LogP contribution in [-0.2, 0) is 17.3 Å². The minimum Gasteiger partial charge on any atom is -0.354 e. The highest BCUT2D eigenvalue weighted by molar-refractivity contribution is 7.84. The molecule has 0 amide bonds. The highest BCUT2D eigenvalue weighted by Gasteiger charge is 2.07. The Morgan fingerprint density at radius 2 is 2.53 bits per heavy atom. The SMILES string of the molecule is C=CCn1ccnc1NCC(C)S(C)=O. The lowest BCUT2D eigenvalue weighted by Crippen LogP contribution is -2.22. The minimum atomic E-state index is -0.802. The maximum atomic E-state index is 11.1. The summed E-state index contributed by atoms with van der Waals surface area (Å²) in [4.78, 5) is 4.17. The molecule has 5 heteroatoms. The van der Waals surface area contributed by atoms with Gasteiger partial charge < -0.3 is 9.88 Å². The highest BCUT2D eigenvalue weighted by Crippen LogP contribution is 2.05. The van der Waals surface area contributed by atoms with Crippen LogP contribution in [0.2, 0.25) is 0 Å². The van der Waals surface area contributed by atoms with Gasteiger partial charge in [0.2, 0.25) is 5.95 Å². The first kappa shape index (κ1) is 12.0. The fourth-order valence-corrected chi connectivity index (χ4v) is 1.43. The first-order chi connectivity index (χ1) is 7.15. The molecule has 0 aliphatic rings. The van der Waals surface area contributed by atoms with Gasteiger partial charge in [0.15, 0.2) is 0 Å². The van der Waals surface area contributed by atoms with Gasteiger partial charge in [0.05, 0.1) is 0 Å². The Balaban J connectivity index is 2.53. The lowest BCUT2D eigenvalue weighted by Gasteiger charge is -2.11. The molecule has 2 unspecified atom stereocenters. The molecule has 0 radical (unpaired) electrons. The second-order valence-electron chi connectivity index (χ2n) is 3.38. The number of allylic oxidation sites excluding steroid dienone is 1. The molecule has 0 spiro atoms. The summed E-state index contributed by atoms with van der Waals surface area (Å²) in [7, 11) is -0.802. The Labute approximate surface area is 92.9 Å². The molecule has 0 saturated carbocycles. The van der Waals surface area contributed by atoms with Crippen LogP contribution < -0.4 is 5.32 Å². The zero-order chi connectivity index (χ0) is 11.3. The molecular weight excluding hydrogens is 210 g/mol. The van der Waals surface area contributed by atoms with Crippen molar-refractivity contribution in [3.05, 3.63) is 25.0 Å². The molecule has 4 nitrogen and oxygen atoms in total. The van der Waals surface area contributed by atoms with E-state index in [9.17, 15) is 4.21 Å². The molecule has 15 heavy (non-hydrogen) atoms. The molecule has 1 aromatic heterocycles. The zero-order valence-corrected chi connectivity index (χ0v) is 9.96. The standard InChI is InChI=1S/C10H17N3OS/c1-4-6-13-7-5-11-10(13)12-8-9(2)15(3)14/h4-5,7,9H,1,6,8H2,2-3H3,(H,11,12). The number of rotatable bonds is 6. The normalized spacial score (nSPS) is 14.5. The maximum absolute atomic E-state index is 11.1. The first-order valence-corrected chi connectivity index (χ1v) is 6.45. The highest BCUT2D eigenvalue weighted by atomic mass is 32.2. The fraction of sp³-hybridized carbons (Fsp3) is 0.500. The summed E-state index contributed by atoms with van der Waals surface area (Å²) in [6.07, 6.45) is 7.15. The molecule has 0 fully saturated rings. The summed E-state index contributed by atoms with van der Waals surface area (Å²) in [6, 6.07) is 0. The number of nitrogens with zero attached hydrogens (tertiary/aromatic N) is 2. The number of hydrogen-bond acceptors (Lipinski definition) is 3. The molecule has 0 saturated heterocycles. The maximum Gasteiger partial charge on any atom is 0.203 e. The topological polar surface area (TPSA) is 46.9 Å². The predicted octanol–water partition coefficient (Wildman–Crippen LogP) is 1.25. The summed E-state index contributed by atoms with van der Waals surface area (Å²) >= 11 is 0. The fourth-order valence-electron chi connectivity index (χ4n) is 1.12. The number of imidazole rings is 1. The van der Waals surface area contributed by atoms with Crippen molar-refractivity contribution >= 4 is 16.7 Å². The van der Waals surface area contributed by atoms with Crippen LogP contribution in [0.1, 0.15) is 6.92 Å². The second-order valence-corrected chi connectivity index (χ2v) is 5.18. The van der Waals surface area contributed by atoms with E-state index < -0.39 is 10.8 Å². The van der Waals surface area contributed by atoms with Gasteiger partial charge in [-0.05, 0) is 6.92 Å². The van der Waals surface area contributed by atoms with E-state index in [0.717, 1.165) is 12.5 Å². The Bertz CT molecular complexity index is 348. The molecule has 0 aliphatic heterocycles. The quantitative estimate of drug-likeness (QED) is 0.744. The van der Waals surface area contributed by atoms with Crippen molar-refractivity contribution < 1.29 is 4.21 Å². The molecule has 1 rings (SSSR count). The Morgan fingerprint density at radius 3 is 3.13 bits per heavy atom. The molecule has 0 bridgehead atoms. The van der Waals surface area contributed by atoms with Gasteiger partial charge in [-0.3, -0.25) is 4.21 Å². The van der Waals surface area contributed by atoms with Crippen molar-refractivity contribution in [3.8, 4) is 0 Å². The van der Waals surface area contributed by atoms with E-state index in [1.54, 1.807) is 12.5 Å². The smallest absolute Gasteiger partial charge is 0.203 e. The van der Waals surface area contributed by atoms with E-state index >= 15 is 0 Å². The van der Waals surface area contributed by atoms with Crippen LogP contribution in [0.15, 0.2) is 25.0 Å². The van der Waals surface area contributed by atoms with E-state index in [2.05, 4.69) is 16.9 Å². The van der Waals surface area contributed by atoms with Crippen LogP contribution in [0.3, 0.4) is 0 Å². The van der Waals surface area contributed by atoms with E-state index in [1.165, 1.54) is 0 Å². The van der Waals surface area contributed by atoms with Gasteiger partial charge in [0.25, 0.3) is 0 Å². The van der Waals surface area contributed by atoms with Crippen LogP contribution in [0.25, 0.3) is 0 Å². The Hall–Kier alpha value is -1.10. The summed E-state index contributed by atoms with van der Waals surface area (Å²) in [5.41, 5.74) is 0. The monoisotopic (exact) mass is 227 g/mol. The van der Waals surface area contributed by atoms with Crippen LogP contribution in [0.4, 0.5) is 5.95 Å². The van der Waals surface area contributed by atoms with E-state index in [4.69, 9.17) is 0 Å². The van der Waals surface area contributed by atoms with Crippen LogP contribution in [-0.4, -0.2) is 31.8 Å². The summed E-state index contributed by atoms with van der Waals surface area (Å²) in [5, 5.41) is 3.29. The molecule has 0 aromatic carbocycles. The zero-order valence-electron chi connectivity index (χ0n) is 9.14. The van der Waals surface area contributed by atoms with E-state index in [0.29, 0.717) is 6.54 Å². The first-order valence-electron chi connectivity index (χ1n) is 4.83. The van der Waals surface area contributed by atoms with Crippen LogP contribution in [0, 0.1) is 0 Å². The van der Waals surface area contributed by atoms with Crippen molar-refractivity contribution in [2.75, 3.05) is 18.1 Å². The number of aromatic nitrogens is 2. The van der Waals surface area contributed by atoms with Gasteiger partial charge >= 0.3 is 0 Å². The average molecular weight is 227 g/mol. The van der Waals surface area contributed by atoms with Crippen molar-refractivity contribution in [2.45, 2.75) is 18.7 Å². The lowest BCUT2D eigenvalue weighted by molar-refractivity contribution is 0.678. The van der Waals surface area contributed by atoms with Crippen molar-refractivity contribution in [3.63, 3.8) is 0 Å². The molecule has 84 valence electrons. The van der Waals surface area contributed by atoms with Gasteiger partial charge in [-0.1, -0.05) is 6.08 Å². The second kappa shape index (κ2) is 5.70. The predicted molar refractivity (Wildman–Crippen MR) is 64.4 cm³/mol. The van der Waals surface area contributed by atoms with Crippen molar-refractivity contribution in [1.29, 1.82) is 0 Å². The third kappa shape index (κ3) is 3.51. The van der Waals surface area contributed by atoms with Crippen molar-refractivity contribution in [2.24, 2.45) is 0 Å². The summed E-state index contributed by atoms with van der Waals surface area (Å²) < 4.78 is 13.1. The van der Waals surface area contributed by atoms with Gasteiger partial charge in [0.1, 0.15) is 0 Å². The number of hydrogen-bond donors (Lipinski definition) is 1. The van der Waals surface area contributed by atoms with Crippen LogP contribution >= 0.6 is 0 Å². The molecule has 0 aliphatic carbocycles. The minimum absolute atomic E-state index is 0.124. The number of anilines is 1.